The number of nitrogens with zero attached hydrogens (tertiary/aromatic N) is 2. The highest BCUT2D eigenvalue weighted by molar-refractivity contribution is 5.92. The van der Waals surface area contributed by atoms with Crippen LogP contribution in [0.2, 0.25) is 0 Å². The van der Waals surface area contributed by atoms with E-state index in [-0.39, 0.29) is 11.9 Å². The highest BCUT2D eigenvalue weighted by atomic mass is 16.2. The summed E-state index contributed by atoms with van der Waals surface area (Å²) >= 11 is 0. The van der Waals surface area contributed by atoms with Gasteiger partial charge in [-0.3, -0.25) is 4.79 Å². The molecule has 5 heteroatoms. The molecule has 2 N–H and O–H groups in total. The third-order valence-electron chi connectivity index (χ3n) is 4.60. The monoisotopic (exact) mass is 270 g/mol. The number of hydrogen-bond donors (Lipinski definition) is 2. The molecule has 2 aromatic rings. The molecule has 0 saturated carbocycles. The van der Waals surface area contributed by atoms with Gasteiger partial charge in [0.05, 0.1) is 11.7 Å². The van der Waals surface area contributed by atoms with Crippen molar-refractivity contribution in [3.05, 3.63) is 35.9 Å². The zero-order valence-corrected chi connectivity index (χ0v) is 11.5. The number of nitrogens with one attached hydrogen (secondary N) is 2. The van der Waals surface area contributed by atoms with Crippen molar-refractivity contribution in [2.24, 2.45) is 0 Å². The van der Waals surface area contributed by atoms with Crippen LogP contribution in [0.4, 0.5) is 0 Å². The molecule has 4 heterocycles. The summed E-state index contributed by atoms with van der Waals surface area (Å²) in [5, 5.41) is 6.65. The third-order valence-corrected chi connectivity index (χ3v) is 4.60. The molecule has 2 aliphatic rings. The van der Waals surface area contributed by atoms with E-state index in [0.29, 0.717) is 17.8 Å². The van der Waals surface area contributed by atoms with Crippen LogP contribution < -0.4 is 10.6 Å². The molecule has 0 aromatic carbocycles. The minimum absolute atomic E-state index is 0.0717. The maximum Gasteiger partial charge on any atom is 0.271 e. The molecule has 0 unspecified atom stereocenters. The summed E-state index contributed by atoms with van der Waals surface area (Å²) in [6.07, 6.45) is 8.98. The normalized spacial score (nSPS) is 28.1. The number of carbonyl (C=O) groups is 1. The molecule has 2 fully saturated rings. The van der Waals surface area contributed by atoms with E-state index in [9.17, 15) is 4.79 Å². The van der Waals surface area contributed by atoms with Gasteiger partial charge in [0.2, 0.25) is 0 Å². The molecule has 104 valence electrons. The van der Waals surface area contributed by atoms with Gasteiger partial charge in [-0.1, -0.05) is 0 Å². The van der Waals surface area contributed by atoms with Crippen molar-refractivity contribution >= 4 is 11.4 Å². The van der Waals surface area contributed by atoms with Crippen LogP contribution in [0.3, 0.4) is 0 Å². The second-order valence-corrected chi connectivity index (χ2v) is 5.93. The van der Waals surface area contributed by atoms with Gasteiger partial charge in [-0.05, 0) is 37.8 Å². The molecule has 2 aromatic heterocycles. The van der Waals surface area contributed by atoms with Crippen LogP contribution in [0, 0.1) is 6.92 Å². The largest absolute Gasteiger partial charge is 0.346 e. The summed E-state index contributed by atoms with van der Waals surface area (Å²) in [5.74, 6) is -0.0717. The Morgan fingerprint density at radius 2 is 2.40 bits per heavy atom. The third kappa shape index (κ3) is 1.81. The lowest BCUT2D eigenvalue weighted by atomic mass is 9.95. The molecule has 0 aliphatic carbocycles. The molecule has 2 bridgehead atoms. The van der Waals surface area contributed by atoms with Gasteiger partial charge in [0, 0.05) is 30.5 Å². The van der Waals surface area contributed by atoms with Crippen molar-refractivity contribution in [2.75, 3.05) is 0 Å². The van der Waals surface area contributed by atoms with Gasteiger partial charge in [0.1, 0.15) is 5.69 Å². The summed E-state index contributed by atoms with van der Waals surface area (Å²) < 4.78 is 1.95. The SMILES string of the molecule is Cc1ccn2cc(C(=O)N[C@@H]3C[C@H]4CC[C@@H]3N4)ncc12. The van der Waals surface area contributed by atoms with E-state index < -0.39 is 0 Å². The Labute approximate surface area is 117 Å². The highest BCUT2D eigenvalue weighted by Crippen LogP contribution is 2.28. The van der Waals surface area contributed by atoms with Gasteiger partial charge in [-0.2, -0.15) is 0 Å². The molecule has 20 heavy (non-hydrogen) atoms. The summed E-state index contributed by atoms with van der Waals surface area (Å²) in [6, 6.07) is 3.32. The molecular formula is C15H18N4O. The van der Waals surface area contributed by atoms with E-state index in [0.717, 1.165) is 11.9 Å². The first-order valence-electron chi connectivity index (χ1n) is 7.21. The molecule has 2 aliphatic heterocycles. The maximum absolute atomic E-state index is 12.3. The van der Waals surface area contributed by atoms with Gasteiger partial charge in [0.15, 0.2) is 0 Å². The van der Waals surface area contributed by atoms with Crippen LogP contribution in [0.15, 0.2) is 24.7 Å². The Bertz CT molecular complexity index is 678. The van der Waals surface area contributed by atoms with E-state index in [1.165, 1.54) is 18.4 Å². The average Bonchev–Trinajstić information content (AvgIpc) is 3.14. The van der Waals surface area contributed by atoms with Gasteiger partial charge in [-0.15, -0.1) is 0 Å². The molecule has 4 rings (SSSR count). The van der Waals surface area contributed by atoms with Gasteiger partial charge >= 0.3 is 0 Å². The number of aryl methyl sites for hydroxylation is 1. The quantitative estimate of drug-likeness (QED) is 0.864. The minimum atomic E-state index is -0.0717. The van der Waals surface area contributed by atoms with Gasteiger partial charge in [-0.25, -0.2) is 4.98 Å². The topological polar surface area (TPSA) is 58.4 Å². The predicted molar refractivity (Wildman–Crippen MR) is 75.7 cm³/mol. The van der Waals surface area contributed by atoms with E-state index in [2.05, 4.69) is 15.6 Å². The zero-order valence-electron chi connectivity index (χ0n) is 11.5. The number of fused-ring (bicyclic) bond motifs is 3. The summed E-state index contributed by atoms with van der Waals surface area (Å²) in [5.41, 5.74) is 2.70. The van der Waals surface area contributed by atoms with Crippen LogP contribution >= 0.6 is 0 Å². The number of amides is 1. The molecule has 0 radical (unpaired) electrons. The van der Waals surface area contributed by atoms with Crippen LogP contribution in [0.5, 0.6) is 0 Å². The molecule has 5 nitrogen and oxygen atoms in total. The minimum Gasteiger partial charge on any atom is -0.346 e. The van der Waals surface area contributed by atoms with E-state index >= 15 is 0 Å². The fraction of sp³-hybridized carbons (Fsp3) is 0.467. The first-order valence-corrected chi connectivity index (χ1v) is 7.21. The standard InChI is InChI=1S/C15H18N4O/c1-9-4-5-19-8-13(16-7-14(9)19)15(20)18-12-6-10-2-3-11(12)17-10/h4-5,7-8,10-12,17H,2-3,6H2,1H3,(H,18,20)/t10-,11+,12-/m1/s1. The van der Waals surface area contributed by atoms with Crippen LogP contribution in [-0.2, 0) is 0 Å². The van der Waals surface area contributed by atoms with E-state index in [1.54, 1.807) is 12.4 Å². The Balaban J connectivity index is 1.54. The first-order chi connectivity index (χ1) is 9.70. The van der Waals surface area contributed by atoms with Crippen molar-refractivity contribution < 1.29 is 4.79 Å². The van der Waals surface area contributed by atoms with Gasteiger partial charge in [0.25, 0.3) is 5.91 Å². The second-order valence-electron chi connectivity index (χ2n) is 5.93. The van der Waals surface area contributed by atoms with E-state index in [4.69, 9.17) is 0 Å². The van der Waals surface area contributed by atoms with Crippen LogP contribution in [-0.4, -0.2) is 33.4 Å². The molecular weight excluding hydrogens is 252 g/mol. The van der Waals surface area contributed by atoms with Crippen molar-refractivity contribution in [2.45, 2.75) is 44.3 Å². The van der Waals surface area contributed by atoms with E-state index in [1.807, 2.05) is 23.6 Å². The average molecular weight is 270 g/mol. The fourth-order valence-corrected chi connectivity index (χ4v) is 3.48. The predicted octanol–water partition coefficient (Wildman–Crippen LogP) is 1.27. The number of rotatable bonds is 2. The fourth-order valence-electron chi connectivity index (χ4n) is 3.48. The summed E-state index contributed by atoms with van der Waals surface area (Å²) in [4.78, 5) is 16.6. The lowest BCUT2D eigenvalue weighted by molar-refractivity contribution is 0.0925. The first kappa shape index (κ1) is 11.9. The summed E-state index contributed by atoms with van der Waals surface area (Å²) in [7, 11) is 0. The van der Waals surface area contributed by atoms with Crippen LogP contribution in [0.25, 0.3) is 5.52 Å². The van der Waals surface area contributed by atoms with Gasteiger partial charge < -0.3 is 15.0 Å². The van der Waals surface area contributed by atoms with Crippen molar-refractivity contribution in [3.8, 4) is 0 Å². The molecule has 1 amide bonds. The van der Waals surface area contributed by atoms with Crippen molar-refractivity contribution in [3.63, 3.8) is 0 Å². The Kier molecular flexibility index (Phi) is 2.57. The Morgan fingerprint density at radius 1 is 1.50 bits per heavy atom. The zero-order chi connectivity index (χ0) is 13.7. The lowest BCUT2D eigenvalue weighted by Crippen LogP contribution is -2.43. The Hall–Kier alpha value is -1.88. The number of carbonyl (C=O) groups excluding carboxylic acids is 1. The molecule has 0 spiro atoms. The van der Waals surface area contributed by atoms with Crippen molar-refractivity contribution in [1.29, 1.82) is 0 Å². The molecule has 3 atom stereocenters. The maximum atomic E-state index is 12.3. The number of aromatic nitrogens is 2. The van der Waals surface area contributed by atoms with Crippen LogP contribution in [0.1, 0.15) is 35.3 Å². The summed E-state index contributed by atoms with van der Waals surface area (Å²) in [6.45, 7) is 2.04. The Morgan fingerprint density at radius 3 is 3.15 bits per heavy atom. The smallest absolute Gasteiger partial charge is 0.271 e. The van der Waals surface area contributed by atoms with Crippen molar-refractivity contribution in [1.82, 2.24) is 20.0 Å². The second kappa shape index (κ2) is 4.31. The number of hydrogen-bond acceptors (Lipinski definition) is 3. The lowest BCUT2D eigenvalue weighted by Gasteiger charge is -2.21. The molecule has 2 saturated heterocycles. The highest BCUT2D eigenvalue weighted by Gasteiger charge is 2.39.